The zero-order chi connectivity index (χ0) is 15.3. The molecule has 0 N–H and O–H groups in total. The van der Waals surface area contributed by atoms with Gasteiger partial charge >= 0.3 is 0 Å². The number of pyridine rings is 1. The average molecular weight is 306 g/mol. The minimum absolute atomic E-state index is 0.768. The molecule has 4 aromatic rings. The lowest BCUT2D eigenvalue weighted by molar-refractivity contribution is 1.26. The van der Waals surface area contributed by atoms with Gasteiger partial charge in [0.05, 0.1) is 5.52 Å². The van der Waals surface area contributed by atoms with E-state index in [9.17, 15) is 0 Å². The van der Waals surface area contributed by atoms with Crippen LogP contribution in [0.1, 0.15) is 11.1 Å². The summed E-state index contributed by atoms with van der Waals surface area (Å²) in [4.78, 5) is 0. The molecule has 0 saturated carbocycles. The molecule has 2 heterocycles. The van der Waals surface area contributed by atoms with Gasteiger partial charge in [0.1, 0.15) is 0 Å². The summed E-state index contributed by atoms with van der Waals surface area (Å²) in [5.74, 6) is 0. The first-order valence-corrected chi connectivity index (χ1v) is 7.78. The molecule has 2 heteroatoms. The summed E-state index contributed by atoms with van der Waals surface area (Å²) in [5, 5.41) is 2.08. The molecule has 22 heavy (non-hydrogen) atoms. The lowest BCUT2D eigenvalue weighted by Crippen LogP contribution is -1.89. The summed E-state index contributed by atoms with van der Waals surface area (Å²) in [6, 6.07) is 19.1. The zero-order valence-electron chi connectivity index (χ0n) is 12.6. The van der Waals surface area contributed by atoms with E-state index in [1.165, 1.54) is 38.7 Å². The fourth-order valence-electron chi connectivity index (χ4n) is 3.08. The number of hydrogen-bond acceptors (Lipinski definition) is 0. The standard InChI is InChI=1S/C20H16ClN/c1-13-3-8-20-19(9-13)14(2)10-18-11-16(12-22(18)20)15-4-6-17(21)7-5-15/h3-12H,1-2H3. The molecule has 0 aliphatic heterocycles. The second-order valence-corrected chi connectivity index (χ2v) is 6.31. The van der Waals surface area contributed by atoms with E-state index in [0.29, 0.717) is 0 Å². The Balaban J connectivity index is 2.01. The smallest absolute Gasteiger partial charge is 0.0530 e. The first-order valence-electron chi connectivity index (χ1n) is 7.40. The Kier molecular flexibility index (Phi) is 2.98. The lowest BCUT2D eigenvalue weighted by atomic mass is 10.1. The highest BCUT2D eigenvalue weighted by molar-refractivity contribution is 6.30. The van der Waals surface area contributed by atoms with Gasteiger partial charge in [-0.2, -0.15) is 0 Å². The van der Waals surface area contributed by atoms with Crippen LogP contribution in [-0.2, 0) is 0 Å². The quantitative estimate of drug-likeness (QED) is 0.404. The summed E-state index contributed by atoms with van der Waals surface area (Å²) in [7, 11) is 0. The number of benzene rings is 2. The Morgan fingerprint density at radius 2 is 1.59 bits per heavy atom. The van der Waals surface area contributed by atoms with Gasteiger partial charge in [-0.1, -0.05) is 35.4 Å². The summed E-state index contributed by atoms with van der Waals surface area (Å²) in [5.41, 5.74) is 7.47. The molecule has 0 bridgehead atoms. The van der Waals surface area contributed by atoms with E-state index in [4.69, 9.17) is 11.6 Å². The first-order chi connectivity index (χ1) is 10.6. The Hall–Kier alpha value is -2.25. The summed E-state index contributed by atoms with van der Waals surface area (Å²) < 4.78 is 2.27. The van der Waals surface area contributed by atoms with Crippen molar-refractivity contribution in [2.75, 3.05) is 0 Å². The van der Waals surface area contributed by atoms with Crippen LogP contribution in [0.4, 0.5) is 0 Å². The van der Waals surface area contributed by atoms with Gasteiger partial charge in [0.15, 0.2) is 0 Å². The van der Waals surface area contributed by atoms with E-state index in [2.05, 4.69) is 66.9 Å². The SMILES string of the molecule is Cc1ccc2c(c1)c(C)cc1cc(-c3ccc(Cl)cc3)cn12. The fourth-order valence-corrected chi connectivity index (χ4v) is 3.20. The monoisotopic (exact) mass is 305 g/mol. The van der Waals surface area contributed by atoms with Crippen molar-refractivity contribution in [1.29, 1.82) is 0 Å². The number of rotatable bonds is 1. The number of nitrogens with zero attached hydrogens (tertiary/aromatic N) is 1. The highest BCUT2D eigenvalue weighted by Crippen LogP contribution is 2.29. The summed E-state index contributed by atoms with van der Waals surface area (Å²) in [6.07, 6.45) is 2.20. The van der Waals surface area contributed by atoms with E-state index < -0.39 is 0 Å². The summed E-state index contributed by atoms with van der Waals surface area (Å²) >= 11 is 5.99. The predicted octanol–water partition coefficient (Wildman–Crippen LogP) is 6.03. The van der Waals surface area contributed by atoms with E-state index >= 15 is 0 Å². The van der Waals surface area contributed by atoms with Gasteiger partial charge < -0.3 is 4.40 Å². The van der Waals surface area contributed by atoms with Crippen LogP contribution in [-0.4, -0.2) is 4.40 Å². The van der Waals surface area contributed by atoms with Crippen molar-refractivity contribution in [2.45, 2.75) is 13.8 Å². The van der Waals surface area contributed by atoms with E-state index in [1.54, 1.807) is 0 Å². The summed E-state index contributed by atoms with van der Waals surface area (Å²) in [6.45, 7) is 4.31. The van der Waals surface area contributed by atoms with Crippen molar-refractivity contribution < 1.29 is 0 Å². The predicted molar refractivity (Wildman–Crippen MR) is 94.8 cm³/mol. The highest BCUT2D eigenvalue weighted by atomic mass is 35.5. The largest absolute Gasteiger partial charge is 0.316 e. The minimum atomic E-state index is 0.768. The van der Waals surface area contributed by atoms with Crippen LogP contribution < -0.4 is 0 Å². The van der Waals surface area contributed by atoms with Gasteiger partial charge in [-0.25, -0.2) is 0 Å². The van der Waals surface area contributed by atoms with Crippen molar-refractivity contribution in [2.24, 2.45) is 0 Å². The van der Waals surface area contributed by atoms with Crippen LogP contribution in [0.2, 0.25) is 5.02 Å². The third-order valence-corrected chi connectivity index (χ3v) is 4.48. The van der Waals surface area contributed by atoms with Crippen molar-refractivity contribution in [3.05, 3.63) is 76.9 Å². The Labute approximate surface area is 134 Å². The van der Waals surface area contributed by atoms with Crippen LogP contribution >= 0.6 is 11.6 Å². The minimum Gasteiger partial charge on any atom is -0.316 e. The molecule has 1 nitrogen and oxygen atoms in total. The van der Waals surface area contributed by atoms with Crippen molar-refractivity contribution in [3.8, 4) is 11.1 Å². The third-order valence-electron chi connectivity index (χ3n) is 4.23. The molecular formula is C20H16ClN. The number of fused-ring (bicyclic) bond motifs is 3. The van der Waals surface area contributed by atoms with Gasteiger partial charge in [-0.05, 0) is 61.4 Å². The molecule has 2 aromatic carbocycles. The van der Waals surface area contributed by atoms with Gasteiger partial charge in [0.2, 0.25) is 0 Å². The maximum atomic E-state index is 5.99. The number of halogens is 1. The highest BCUT2D eigenvalue weighted by Gasteiger charge is 2.08. The normalized spacial score (nSPS) is 11.4. The van der Waals surface area contributed by atoms with Crippen molar-refractivity contribution >= 4 is 28.0 Å². The zero-order valence-corrected chi connectivity index (χ0v) is 13.4. The van der Waals surface area contributed by atoms with Crippen molar-refractivity contribution in [1.82, 2.24) is 4.40 Å². The maximum Gasteiger partial charge on any atom is 0.0530 e. The molecule has 4 rings (SSSR count). The second kappa shape index (κ2) is 4.89. The van der Waals surface area contributed by atoms with Crippen molar-refractivity contribution in [3.63, 3.8) is 0 Å². The molecule has 0 aliphatic rings. The Bertz CT molecular complexity index is 994. The number of aryl methyl sites for hydroxylation is 2. The number of hydrogen-bond donors (Lipinski definition) is 0. The van der Waals surface area contributed by atoms with Crippen LogP contribution in [0.5, 0.6) is 0 Å². The van der Waals surface area contributed by atoms with Crippen LogP contribution in [0.3, 0.4) is 0 Å². The molecule has 0 saturated heterocycles. The van der Waals surface area contributed by atoms with Gasteiger partial charge in [0.25, 0.3) is 0 Å². The van der Waals surface area contributed by atoms with Gasteiger partial charge in [0, 0.05) is 27.7 Å². The second-order valence-electron chi connectivity index (χ2n) is 5.88. The first kappa shape index (κ1) is 13.4. The van der Waals surface area contributed by atoms with Crippen LogP contribution in [0.25, 0.3) is 27.5 Å². The molecule has 0 spiro atoms. The molecule has 0 unspecified atom stereocenters. The molecule has 0 fully saturated rings. The fraction of sp³-hybridized carbons (Fsp3) is 0.100. The van der Waals surface area contributed by atoms with Crippen LogP contribution in [0, 0.1) is 13.8 Å². The molecule has 108 valence electrons. The van der Waals surface area contributed by atoms with Gasteiger partial charge in [-0.15, -0.1) is 0 Å². The van der Waals surface area contributed by atoms with E-state index in [1.807, 2.05) is 12.1 Å². The average Bonchev–Trinajstić information content (AvgIpc) is 2.92. The third kappa shape index (κ3) is 2.10. The molecule has 0 radical (unpaired) electrons. The molecule has 0 aliphatic carbocycles. The number of aromatic nitrogens is 1. The van der Waals surface area contributed by atoms with E-state index in [-0.39, 0.29) is 0 Å². The molecular weight excluding hydrogens is 290 g/mol. The molecule has 0 atom stereocenters. The van der Waals surface area contributed by atoms with Gasteiger partial charge in [-0.3, -0.25) is 0 Å². The lowest BCUT2D eigenvalue weighted by Gasteiger charge is -2.07. The maximum absolute atomic E-state index is 5.99. The topological polar surface area (TPSA) is 4.41 Å². The Morgan fingerprint density at radius 3 is 2.36 bits per heavy atom. The Morgan fingerprint density at radius 1 is 0.818 bits per heavy atom. The molecule has 2 aromatic heterocycles. The molecule has 0 amide bonds. The van der Waals surface area contributed by atoms with E-state index in [0.717, 1.165) is 5.02 Å². The van der Waals surface area contributed by atoms with Crippen LogP contribution in [0.15, 0.2) is 60.8 Å².